The molecule has 1 saturated heterocycles. The number of benzene rings is 1. The minimum atomic E-state index is -1.38. The van der Waals surface area contributed by atoms with Crippen LogP contribution in [0.1, 0.15) is 5.56 Å². The van der Waals surface area contributed by atoms with Gasteiger partial charge >= 0.3 is 0 Å². The maximum atomic E-state index is 12.8. The maximum absolute atomic E-state index is 12.8. The van der Waals surface area contributed by atoms with Crippen LogP contribution in [-0.2, 0) is 6.42 Å². The normalized spacial score (nSPS) is 16.8. The van der Waals surface area contributed by atoms with E-state index in [4.69, 9.17) is 0 Å². The summed E-state index contributed by atoms with van der Waals surface area (Å²) in [6.45, 7) is 0. The van der Waals surface area contributed by atoms with E-state index in [2.05, 4.69) is 0 Å². The lowest BCUT2D eigenvalue weighted by Crippen LogP contribution is -2.20. The average molecular weight is 218 g/mol. The molecule has 0 amide bonds. The number of halogens is 3. The highest BCUT2D eigenvalue weighted by Crippen LogP contribution is 2.28. The lowest BCUT2D eigenvalue weighted by Gasteiger charge is -2.24. The molecule has 0 atom stereocenters. The molecule has 1 aromatic carbocycles. The molecule has 1 heterocycles. The van der Waals surface area contributed by atoms with Crippen molar-refractivity contribution in [2.75, 3.05) is 11.5 Å². The molecule has 0 radical (unpaired) electrons. The molecule has 1 aliphatic rings. The smallest absolute Gasteiger partial charge is 0.194 e. The summed E-state index contributed by atoms with van der Waals surface area (Å²) in [5.74, 6) is -1.01. The fourth-order valence-electron chi connectivity index (χ4n) is 1.46. The van der Waals surface area contributed by atoms with Crippen molar-refractivity contribution in [2.24, 2.45) is 5.92 Å². The fraction of sp³-hybridized carbons (Fsp3) is 0.400. The first-order valence-electron chi connectivity index (χ1n) is 4.38. The fourth-order valence-corrected chi connectivity index (χ4v) is 2.27. The Morgan fingerprint density at radius 1 is 1.14 bits per heavy atom. The number of thioether (sulfide) groups is 1. The Bertz CT molecular complexity index is 324. The summed E-state index contributed by atoms with van der Waals surface area (Å²) in [5.41, 5.74) is 0.548. The van der Waals surface area contributed by atoms with Gasteiger partial charge in [-0.1, -0.05) is 0 Å². The molecule has 0 spiro atoms. The van der Waals surface area contributed by atoms with E-state index in [0.29, 0.717) is 17.9 Å². The SMILES string of the molecule is Fc1cc(CC2CSC2)cc(F)c1F. The van der Waals surface area contributed by atoms with E-state index < -0.39 is 17.5 Å². The second-order valence-electron chi connectivity index (χ2n) is 3.48. The number of hydrogen-bond acceptors (Lipinski definition) is 1. The van der Waals surface area contributed by atoms with E-state index >= 15 is 0 Å². The molecule has 14 heavy (non-hydrogen) atoms. The largest absolute Gasteiger partial charge is 0.204 e. The van der Waals surface area contributed by atoms with Gasteiger partial charge in [-0.05, 0) is 41.5 Å². The van der Waals surface area contributed by atoms with Gasteiger partial charge in [-0.2, -0.15) is 11.8 Å². The molecule has 0 nitrogen and oxygen atoms in total. The summed E-state index contributed by atoms with van der Waals surface area (Å²) in [7, 11) is 0. The first-order valence-corrected chi connectivity index (χ1v) is 5.53. The van der Waals surface area contributed by atoms with Gasteiger partial charge in [0, 0.05) is 0 Å². The second-order valence-corrected chi connectivity index (χ2v) is 4.56. The van der Waals surface area contributed by atoms with Crippen LogP contribution < -0.4 is 0 Å². The molecular weight excluding hydrogens is 209 g/mol. The zero-order valence-electron chi connectivity index (χ0n) is 7.40. The highest BCUT2D eigenvalue weighted by atomic mass is 32.2. The van der Waals surface area contributed by atoms with Gasteiger partial charge in [0.1, 0.15) is 0 Å². The predicted molar refractivity (Wildman–Crippen MR) is 50.8 cm³/mol. The van der Waals surface area contributed by atoms with Crippen LogP contribution in [0.2, 0.25) is 0 Å². The van der Waals surface area contributed by atoms with Crippen molar-refractivity contribution in [1.29, 1.82) is 0 Å². The van der Waals surface area contributed by atoms with Gasteiger partial charge in [-0.3, -0.25) is 0 Å². The molecule has 4 heteroatoms. The lowest BCUT2D eigenvalue weighted by molar-refractivity contribution is 0.444. The van der Waals surface area contributed by atoms with Gasteiger partial charge < -0.3 is 0 Å². The molecule has 1 aromatic rings. The molecule has 0 N–H and O–H groups in total. The Labute approximate surface area is 84.5 Å². The minimum Gasteiger partial charge on any atom is -0.204 e. The Morgan fingerprint density at radius 3 is 2.14 bits per heavy atom. The van der Waals surface area contributed by atoms with Crippen molar-refractivity contribution in [1.82, 2.24) is 0 Å². The van der Waals surface area contributed by atoms with Crippen LogP contribution in [0, 0.1) is 23.4 Å². The minimum absolute atomic E-state index is 0.490. The standard InChI is InChI=1S/C10H9F3S/c11-8-2-6(1-7-4-14-5-7)3-9(12)10(8)13/h2-3,7H,1,4-5H2. The van der Waals surface area contributed by atoms with Crippen LogP contribution in [-0.4, -0.2) is 11.5 Å². The molecule has 1 aliphatic heterocycles. The van der Waals surface area contributed by atoms with Gasteiger partial charge in [-0.25, -0.2) is 13.2 Å². The van der Waals surface area contributed by atoms with Crippen LogP contribution in [0.4, 0.5) is 13.2 Å². The van der Waals surface area contributed by atoms with E-state index in [0.717, 1.165) is 23.6 Å². The summed E-state index contributed by atoms with van der Waals surface area (Å²) in [6, 6.07) is 2.17. The van der Waals surface area contributed by atoms with Crippen LogP contribution in [0.3, 0.4) is 0 Å². The zero-order valence-corrected chi connectivity index (χ0v) is 8.21. The summed E-state index contributed by atoms with van der Waals surface area (Å²) < 4.78 is 38.2. The monoisotopic (exact) mass is 218 g/mol. The molecule has 0 saturated carbocycles. The van der Waals surface area contributed by atoms with E-state index in [1.165, 1.54) is 0 Å². The Kier molecular flexibility index (Phi) is 2.72. The molecular formula is C10H9F3S. The maximum Gasteiger partial charge on any atom is 0.194 e. The molecule has 1 fully saturated rings. The molecule has 2 rings (SSSR count). The van der Waals surface area contributed by atoms with E-state index in [9.17, 15) is 13.2 Å². The van der Waals surface area contributed by atoms with E-state index in [1.807, 2.05) is 11.8 Å². The first-order chi connectivity index (χ1) is 6.66. The van der Waals surface area contributed by atoms with Crippen molar-refractivity contribution >= 4 is 11.8 Å². The third kappa shape index (κ3) is 1.90. The molecule has 0 aromatic heterocycles. The predicted octanol–water partition coefficient (Wildman–Crippen LogP) is 3.01. The van der Waals surface area contributed by atoms with Gasteiger partial charge in [0.15, 0.2) is 17.5 Å². The lowest BCUT2D eigenvalue weighted by atomic mass is 10.0. The third-order valence-corrected chi connectivity index (χ3v) is 3.69. The van der Waals surface area contributed by atoms with Crippen LogP contribution >= 0.6 is 11.8 Å². The number of hydrogen-bond donors (Lipinski definition) is 0. The average Bonchev–Trinajstić information content (AvgIpc) is 2.07. The molecule has 76 valence electrons. The third-order valence-electron chi connectivity index (χ3n) is 2.28. The van der Waals surface area contributed by atoms with Crippen molar-refractivity contribution < 1.29 is 13.2 Å². The van der Waals surface area contributed by atoms with Crippen LogP contribution in [0.25, 0.3) is 0 Å². The zero-order chi connectivity index (χ0) is 10.1. The van der Waals surface area contributed by atoms with E-state index in [1.54, 1.807) is 0 Å². The second kappa shape index (κ2) is 3.85. The van der Waals surface area contributed by atoms with E-state index in [-0.39, 0.29) is 0 Å². The summed E-state index contributed by atoms with van der Waals surface area (Å²) in [4.78, 5) is 0. The Morgan fingerprint density at radius 2 is 1.71 bits per heavy atom. The van der Waals surface area contributed by atoms with Gasteiger partial charge in [-0.15, -0.1) is 0 Å². The van der Waals surface area contributed by atoms with Crippen molar-refractivity contribution in [2.45, 2.75) is 6.42 Å². The quantitative estimate of drug-likeness (QED) is 0.687. The van der Waals surface area contributed by atoms with Gasteiger partial charge in [0.05, 0.1) is 0 Å². The van der Waals surface area contributed by atoms with Crippen molar-refractivity contribution in [3.05, 3.63) is 35.1 Å². The first kappa shape index (κ1) is 9.90. The van der Waals surface area contributed by atoms with Gasteiger partial charge in [0.25, 0.3) is 0 Å². The van der Waals surface area contributed by atoms with Crippen molar-refractivity contribution in [3.63, 3.8) is 0 Å². The molecule has 0 aliphatic carbocycles. The molecule has 0 unspecified atom stereocenters. The summed E-state index contributed by atoms with van der Waals surface area (Å²) >= 11 is 1.81. The van der Waals surface area contributed by atoms with Crippen LogP contribution in [0.15, 0.2) is 12.1 Å². The topological polar surface area (TPSA) is 0 Å². The van der Waals surface area contributed by atoms with Gasteiger partial charge in [0.2, 0.25) is 0 Å². The Balaban J connectivity index is 2.17. The highest BCUT2D eigenvalue weighted by molar-refractivity contribution is 8.00. The highest BCUT2D eigenvalue weighted by Gasteiger charge is 2.20. The number of rotatable bonds is 2. The Hall–Kier alpha value is -0.640. The van der Waals surface area contributed by atoms with Crippen molar-refractivity contribution in [3.8, 4) is 0 Å². The van der Waals surface area contributed by atoms with Crippen LogP contribution in [0.5, 0.6) is 0 Å². The summed E-state index contributed by atoms with van der Waals surface area (Å²) in [6.07, 6.45) is 0.640. The molecule has 0 bridgehead atoms. The summed E-state index contributed by atoms with van der Waals surface area (Å²) in [5, 5.41) is 0.